The first kappa shape index (κ1) is 19.5. The Hall–Kier alpha value is -3.25. The molecule has 1 aromatic carbocycles. The van der Waals surface area contributed by atoms with Crippen LogP contribution in [0.5, 0.6) is 11.6 Å². The number of nitrogens with zero attached hydrogens (tertiary/aromatic N) is 2. The molecule has 2 heterocycles. The molecule has 2 aromatic rings. The summed E-state index contributed by atoms with van der Waals surface area (Å²) in [5.41, 5.74) is -0.0500. The molecular weight excluding hydrogens is 392 g/mol. The second-order valence-electron chi connectivity index (χ2n) is 5.55. The summed E-state index contributed by atoms with van der Waals surface area (Å²) in [7, 11) is -2.94. The van der Waals surface area contributed by atoms with Crippen LogP contribution in [0.2, 0.25) is 0 Å². The van der Waals surface area contributed by atoms with Crippen molar-refractivity contribution in [3.63, 3.8) is 0 Å². The van der Waals surface area contributed by atoms with Crippen molar-refractivity contribution in [2.75, 3.05) is 25.6 Å². The van der Waals surface area contributed by atoms with E-state index in [0.29, 0.717) is 12.9 Å². The van der Waals surface area contributed by atoms with Crippen molar-refractivity contribution in [3.8, 4) is 11.6 Å². The van der Waals surface area contributed by atoms with Crippen LogP contribution >= 0.6 is 0 Å². The molecule has 0 saturated carbocycles. The number of aromatic nitrogens is 2. The van der Waals surface area contributed by atoms with Gasteiger partial charge in [0.15, 0.2) is 6.29 Å². The molecule has 3 rings (SSSR count). The fourth-order valence-electron chi connectivity index (χ4n) is 2.11. The zero-order valence-electron chi connectivity index (χ0n) is 14.6. The molecule has 2 N–H and O–H groups in total. The summed E-state index contributed by atoms with van der Waals surface area (Å²) >= 11 is 0. The molecule has 28 heavy (non-hydrogen) atoms. The molecule has 1 fully saturated rings. The summed E-state index contributed by atoms with van der Waals surface area (Å²) < 4.78 is 42.3. The van der Waals surface area contributed by atoms with E-state index in [1.165, 1.54) is 31.4 Å². The molecule has 11 nitrogen and oxygen atoms in total. The number of urea groups is 1. The average Bonchev–Trinajstić information content (AvgIpc) is 3.50. The van der Waals surface area contributed by atoms with Gasteiger partial charge in [-0.3, -0.25) is 10.1 Å². The quantitative estimate of drug-likeness (QED) is 0.472. The minimum absolute atomic E-state index is 0.0243. The Kier molecular flexibility index (Phi) is 5.70. The Morgan fingerprint density at radius 3 is 2.79 bits per heavy atom. The van der Waals surface area contributed by atoms with E-state index in [1.54, 1.807) is 6.07 Å². The number of hydrogen-bond acceptors (Lipinski definition) is 9. The second-order valence-corrected chi connectivity index (χ2v) is 7.20. The number of methoxy groups -OCH3 is 1. The summed E-state index contributed by atoms with van der Waals surface area (Å²) in [4.78, 5) is 30.4. The third-order valence-corrected chi connectivity index (χ3v) is 4.84. The molecule has 0 aliphatic carbocycles. The predicted octanol–water partition coefficient (Wildman–Crippen LogP) is 0.586. The minimum atomic E-state index is -4.25. The van der Waals surface area contributed by atoms with Gasteiger partial charge < -0.3 is 14.2 Å². The monoisotopic (exact) mass is 408 g/mol. The zero-order chi connectivity index (χ0) is 20.1. The van der Waals surface area contributed by atoms with Crippen molar-refractivity contribution >= 4 is 28.3 Å². The largest absolute Gasteiger partial charge is 0.489 e. The standard InChI is InChI=1S/C16H16N4O7S/c1-25-14-6-10(7-21)17-15(18-14)19-16(22)20-28(23,24)13-5-3-2-4-12(13)27-9-11-8-26-11/h2-7,11H,8-9H2,1H3,(H2,17,18,19,20,22). The van der Waals surface area contributed by atoms with Crippen molar-refractivity contribution in [1.82, 2.24) is 14.7 Å². The van der Waals surface area contributed by atoms with Crippen molar-refractivity contribution in [3.05, 3.63) is 36.0 Å². The molecule has 1 aliphatic rings. The minimum Gasteiger partial charge on any atom is -0.489 e. The zero-order valence-corrected chi connectivity index (χ0v) is 15.4. The molecule has 0 spiro atoms. The van der Waals surface area contributed by atoms with Crippen LogP contribution in [0.15, 0.2) is 35.2 Å². The lowest BCUT2D eigenvalue weighted by atomic mass is 10.3. The summed E-state index contributed by atoms with van der Waals surface area (Å²) in [5, 5.41) is 2.15. The topological polar surface area (TPSA) is 149 Å². The van der Waals surface area contributed by atoms with Crippen LogP contribution in [-0.2, 0) is 14.8 Å². The highest BCUT2D eigenvalue weighted by Crippen LogP contribution is 2.24. The van der Waals surface area contributed by atoms with Crippen LogP contribution < -0.4 is 19.5 Å². The maximum absolute atomic E-state index is 12.6. The number of rotatable bonds is 8. The van der Waals surface area contributed by atoms with Gasteiger partial charge in [0.2, 0.25) is 11.8 Å². The maximum atomic E-state index is 12.6. The number of epoxide rings is 1. The Morgan fingerprint density at radius 1 is 1.36 bits per heavy atom. The van der Waals surface area contributed by atoms with Crippen LogP contribution in [0.25, 0.3) is 0 Å². The molecule has 1 saturated heterocycles. The number of ether oxygens (including phenoxy) is 3. The van der Waals surface area contributed by atoms with E-state index in [4.69, 9.17) is 14.2 Å². The SMILES string of the molecule is COc1cc(C=O)nc(NC(=O)NS(=O)(=O)c2ccccc2OCC2CO2)n1. The van der Waals surface area contributed by atoms with Crippen LogP contribution in [0.3, 0.4) is 0 Å². The van der Waals surface area contributed by atoms with Crippen molar-refractivity contribution in [1.29, 1.82) is 0 Å². The van der Waals surface area contributed by atoms with Gasteiger partial charge in [0, 0.05) is 6.07 Å². The van der Waals surface area contributed by atoms with E-state index < -0.39 is 16.1 Å². The smallest absolute Gasteiger partial charge is 0.335 e. The summed E-state index contributed by atoms with van der Waals surface area (Å²) in [6.07, 6.45) is 0.366. The van der Waals surface area contributed by atoms with Crippen LogP contribution in [0.4, 0.5) is 10.7 Å². The number of sulfonamides is 1. The number of anilines is 1. The predicted molar refractivity (Wildman–Crippen MR) is 95.0 cm³/mol. The Morgan fingerprint density at radius 2 is 2.11 bits per heavy atom. The third-order valence-electron chi connectivity index (χ3n) is 3.47. The van der Waals surface area contributed by atoms with E-state index in [1.807, 2.05) is 4.72 Å². The lowest BCUT2D eigenvalue weighted by Crippen LogP contribution is -2.35. The average molecular weight is 408 g/mol. The Balaban J connectivity index is 1.73. The fraction of sp³-hybridized carbons (Fsp3) is 0.250. The lowest BCUT2D eigenvalue weighted by Gasteiger charge is -2.12. The molecular formula is C16H16N4O7S. The highest BCUT2D eigenvalue weighted by atomic mass is 32.2. The van der Waals surface area contributed by atoms with Crippen molar-refractivity contribution < 1.29 is 32.2 Å². The van der Waals surface area contributed by atoms with Crippen LogP contribution in [0, 0.1) is 0 Å². The van der Waals surface area contributed by atoms with Gasteiger partial charge in [-0.1, -0.05) is 12.1 Å². The van der Waals surface area contributed by atoms with E-state index >= 15 is 0 Å². The van der Waals surface area contributed by atoms with E-state index in [9.17, 15) is 18.0 Å². The Bertz CT molecular complexity index is 992. The summed E-state index contributed by atoms with van der Waals surface area (Å²) in [6, 6.07) is 6.00. The normalized spacial score (nSPS) is 15.4. The molecule has 148 valence electrons. The molecule has 0 radical (unpaired) electrons. The molecule has 1 unspecified atom stereocenters. The molecule has 0 bridgehead atoms. The first-order valence-corrected chi connectivity index (χ1v) is 9.45. The first-order chi connectivity index (χ1) is 13.4. The van der Waals surface area contributed by atoms with Crippen LogP contribution in [0.1, 0.15) is 10.5 Å². The van der Waals surface area contributed by atoms with Gasteiger partial charge in [-0.25, -0.2) is 22.9 Å². The fourth-order valence-corrected chi connectivity index (χ4v) is 3.16. The molecule has 12 heteroatoms. The summed E-state index contributed by atoms with van der Waals surface area (Å²) in [6.45, 7) is 0.754. The van der Waals surface area contributed by atoms with E-state index in [2.05, 4.69) is 15.3 Å². The number of para-hydroxylation sites is 1. The van der Waals surface area contributed by atoms with Gasteiger partial charge >= 0.3 is 6.03 Å². The molecule has 1 aliphatic heterocycles. The van der Waals surface area contributed by atoms with Gasteiger partial charge in [-0.2, -0.15) is 4.98 Å². The number of nitrogens with one attached hydrogen (secondary N) is 2. The Labute approximate surface area is 160 Å². The van der Waals surface area contributed by atoms with Gasteiger partial charge in [0.05, 0.1) is 13.7 Å². The van der Waals surface area contributed by atoms with Crippen molar-refractivity contribution in [2.45, 2.75) is 11.0 Å². The number of benzene rings is 1. The van der Waals surface area contributed by atoms with E-state index in [-0.39, 0.29) is 40.9 Å². The number of amides is 2. The number of carbonyl (C=O) groups is 2. The highest BCUT2D eigenvalue weighted by Gasteiger charge is 2.26. The van der Waals surface area contributed by atoms with Crippen LogP contribution in [-0.4, -0.2) is 57.1 Å². The second kappa shape index (κ2) is 8.19. The molecule has 1 aromatic heterocycles. The number of aldehydes is 1. The number of carbonyl (C=O) groups excluding carboxylic acids is 2. The van der Waals surface area contributed by atoms with Gasteiger partial charge in [0.25, 0.3) is 10.0 Å². The molecule has 1 atom stereocenters. The summed E-state index contributed by atoms with van der Waals surface area (Å²) in [5.74, 6) is -0.194. The maximum Gasteiger partial charge on any atom is 0.335 e. The van der Waals surface area contributed by atoms with Gasteiger partial charge in [-0.15, -0.1) is 0 Å². The van der Waals surface area contributed by atoms with Gasteiger partial charge in [0.1, 0.15) is 29.0 Å². The molecule has 2 amide bonds. The lowest BCUT2D eigenvalue weighted by molar-refractivity contribution is 0.111. The van der Waals surface area contributed by atoms with Crippen molar-refractivity contribution in [2.24, 2.45) is 0 Å². The number of hydrogen-bond donors (Lipinski definition) is 2. The first-order valence-electron chi connectivity index (χ1n) is 7.97. The van der Waals surface area contributed by atoms with Gasteiger partial charge in [-0.05, 0) is 12.1 Å². The third kappa shape index (κ3) is 4.92. The van der Waals surface area contributed by atoms with E-state index in [0.717, 1.165) is 0 Å². The highest BCUT2D eigenvalue weighted by molar-refractivity contribution is 7.90.